The Bertz CT molecular complexity index is 1060. The maximum absolute atomic E-state index is 12.8. The lowest BCUT2D eigenvalue weighted by Crippen LogP contribution is -2.51. The molecule has 3 N–H and O–H groups in total. The smallest absolute Gasteiger partial charge is 0.328 e. The number of nitrogens with zero attached hydrogens (tertiary/aromatic N) is 2. The second kappa shape index (κ2) is 9.60. The van der Waals surface area contributed by atoms with Gasteiger partial charge in [-0.25, -0.2) is 4.79 Å². The molecule has 1 heterocycles. The van der Waals surface area contributed by atoms with Crippen molar-refractivity contribution in [2.45, 2.75) is 77.2 Å². The summed E-state index contributed by atoms with van der Waals surface area (Å²) in [6.07, 6.45) is 3.17. The summed E-state index contributed by atoms with van der Waals surface area (Å²) in [7, 11) is 1.77. The minimum Gasteiger partial charge on any atom is -0.480 e. The van der Waals surface area contributed by atoms with Crippen molar-refractivity contribution in [3.05, 3.63) is 47.3 Å². The molecule has 0 radical (unpaired) electrons. The second-order valence-corrected chi connectivity index (χ2v) is 10.8. The zero-order chi connectivity index (χ0) is 25.3. The van der Waals surface area contributed by atoms with Crippen LogP contribution in [-0.2, 0) is 22.1 Å². The van der Waals surface area contributed by atoms with E-state index in [1.807, 2.05) is 30.3 Å². The molecule has 2 aromatic rings. The monoisotopic (exact) mass is 468 g/mol. The van der Waals surface area contributed by atoms with E-state index in [0.29, 0.717) is 11.6 Å². The van der Waals surface area contributed by atoms with E-state index in [4.69, 9.17) is 0 Å². The van der Waals surface area contributed by atoms with Crippen LogP contribution in [0, 0.1) is 5.92 Å². The lowest BCUT2D eigenvalue weighted by molar-refractivity contribution is -0.146. The molecular weight excluding hydrogens is 432 g/mol. The molecule has 34 heavy (non-hydrogen) atoms. The van der Waals surface area contributed by atoms with Gasteiger partial charge in [-0.05, 0) is 69.2 Å². The number of carbonyl (C=O) groups excluding carboxylic acids is 2. The number of nitrogens with one attached hydrogen (secondary N) is 2. The lowest BCUT2D eigenvalue weighted by atomic mass is 9.78. The Morgan fingerprint density at radius 1 is 1.00 bits per heavy atom. The van der Waals surface area contributed by atoms with Gasteiger partial charge in [0.1, 0.15) is 11.2 Å². The third kappa shape index (κ3) is 5.85. The van der Waals surface area contributed by atoms with Crippen molar-refractivity contribution in [3.63, 3.8) is 0 Å². The first kappa shape index (κ1) is 25.5. The molecule has 0 unspecified atom stereocenters. The van der Waals surface area contributed by atoms with Gasteiger partial charge in [-0.15, -0.1) is 0 Å². The predicted molar refractivity (Wildman–Crippen MR) is 131 cm³/mol. The first-order valence-corrected chi connectivity index (χ1v) is 11.8. The van der Waals surface area contributed by atoms with Crippen LogP contribution in [0.2, 0.25) is 0 Å². The number of amides is 2. The van der Waals surface area contributed by atoms with E-state index in [9.17, 15) is 19.5 Å². The number of carboxylic acids is 1. The van der Waals surface area contributed by atoms with E-state index in [2.05, 4.69) is 36.5 Å². The van der Waals surface area contributed by atoms with Crippen LogP contribution < -0.4 is 10.6 Å². The van der Waals surface area contributed by atoms with Gasteiger partial charge in [-0.2, -0.15) is 5.10 Å². The number of aryl methyl sites for hydroxylation is 1. The van der Waals surface area contributed by atoms with Crippen LogP contribution in [0.4, 0.5) is 5.69 Å². The SMILES string of the molecule is Cn1nc(C(C)(C)C)cc1C(=O)Nc1ccc([C@H]2CC[C@H](C(=O)NC(C)(C)C(=O)O)CC2)cc1. The highest BCUT2D eigenvalue weighted by Crippen LogP contribution is 2.36. The van der Waals surface area contributed by atoms with Gasteiger partial charge in [0.2, 0.25) is 5.91 Å². The molecule has 184 valence electrons. The standard InChI is InChI=1S/C26H36N4O4/c1-25(2,3)21-15-20(30(6)29-21)23(32)27-19-13-11-17(12-14-19)16-7-9-18(10-8-16)22(31)28-26(4,5)24(33)34/h11-16,18H,7-10H2,1-6H3,(H,27,32)(H,28,31)(H,33,34)/t16-,18-. The van der Waals surface area contributed by atoms with E-state index in [1.54, 1.807) is 11.7 Å². The van der Waals surface area contributed by atoms with Gasteiger partial charge >= 0.3 is 5.97 Å². The summed E-state index contributed by atoms with van der Waals surface area (Å²) in [4.78, 5) is 36.5. The highest BCUT2D eigenvalue weighted by atomic mass is 16.4. The number of anilines is 1. The van der Waals surface area contributed by atoms with Crippen LogP contribution in [0.15, 0.2) is 30.3 Å². The molecule has 3 rings (SSSR count). The molecule has 1 saturated carbocycles. The third-order valence-electron chi connectivity index (χ3n) is 6.59. The van der Waals surface area contributed by atoms with Crippen molar-refractivity contribution in [2.24, 2.45) is 13.0 Å². The summed E-state index contributed by atoms with van der Waals surface area (Å²) >= 11 is 0. The Labute approximate surface area is 201 Å². The molecule has 0 bridgehead atoms. The van der Waals surface area contributed by atoms with Gasteiger partial charge in [0.05, 0.1) is 5.69 Å². The van der Waals surface area contributed by atoms with E-state index in [-0.39, 0.29) is 23.1 Å². The second-order valence-electron chi connectivity index (χ2n) is 10.8. The van der Waals surface area contributed by atoms with Gasteiger partial charge in [0.15, 0.2) is 0 Å². The molecular formula is C26H36N4O4. The van der Waals surface area contributed by atoms with Gasteiger partial charge in [0.25, 0.3) is 5.91 Å². The molecule has 1 aromatic heterocycles. The number of aromatic nitrogens is 2. The Balaban J connectivity index is 1.57. The van der Waals surface area contributed by atoms with Gasteiger partial charge in [-0.3, -0.25) is 14.3 Å². The zero-order valence-electron chi connectivity index (χ0n) is 20.9. The van der Waals surface area contributed by atoms with Gasteiger partial charge < -0.3 is 15.7 Å². The summed E-state index contributed by atoms with van der Waals surface area (Å²) in [6.45, 7) is 9.18. The molecule has 1 fully saturated rings. The van der Waals surface area contributed by atoms with Crippen LogP contribution in [0.1, 0.15) is 88.0 Å². The normalized spacial score (nSPS) is 18.9. The van der Waals surface area contributed by atoms with Crippen LogP contribution >= 0.6 is 0 Å². The molecule has 0 spiro atoms. The maximum Gasteiger partial charge on any atom is 0.328 e. The fourth-order valence-corrected chi connectivity index (χ4v) is 4.23. The van der Waals surface area contributed by atoms with Gasteiger partial charge in [0, 0.05) is 24.1 Å². The number of carbonyl (C=O) groups is 3. The number of rotatable bonds is 6. The number of hydrogen-bond acceptors (Lipinski definition) is 4. The summed E-state index contributed by atoms with van der Waals surface area (Å²) in [6, 6.07) is 9.69. The Kier molecular flexibility index (Phi) is 7.19. The van der Waals surface area contributed by atoms with Crippen LogP contribution in [-0.4, -0.2) is 38.2 Å². The molecule has 2 amide bonds. The minimum atomic E-state index is -1.27. The van der Waals surface area contributed by atoms with Crippen molar-refractivity contribution < 1.29 is 19.5 Å². The largest absolute Gasteiger partial charge is 0.480 e. The van der Waals surface area contributed by atoms with E-state index in [1.165, 1.54) is 19.4 Å². The molecule has 1 aliphatic carbocycles. The van der Waals surface area contributed by atoms with Crippen LogP contribution in [0.5, 0.6) is 0 Å². The number of hydrogen-bond donors (Lipinski definition) is 3. The fourth-order valence-electron chi connectivity index (χ4n) is 4.23. The topological polar surface area (TPSA) is 113 Å². The Hall–Kier alpha value is -3.16. The molecule has 1 aliphatic rings. The van der Waals surface area contributed by atoms with E-state index >= 15 is 0 Å². The quantitative estimate of drug-likeness (QED) is 0.587. The molecule has 8 nitrogen and oxygen atoms in total. The lowest BCUT2D eigenvalue weighted by Gasteiger charge is -2.30. The summed E-state index contributed by atoms with van der Waals surface area (Å²) in [5.41, 5.74) is 1.87. The first-order valence-electron chi connectivity index (χ1n) is 11.8. The molecule has 0 atom stereocenters. The van der Waals surface area contributed by atoms with Crippen molar-refractivity contribution >= 4 is 23.5 Å². The fraction of sp³-hybridized carbons (Fsp3) is 0.538. The first-order chi connectivity index (χ1) is 15.8. The predicted octanol–water partition coefficient (Wildman–Crippen LogP) is 4.22. The molecule has 8 heteroatoms. The van der Waals surface area contributed by atoms with E-state index in [0.717, 1.165) is 37.1 Å². The number of carboxylic acid groups (broad SMARTS) is 1. The van der Waals surface area contributed by atoms with Crippen molar-refractivity contribution in [3.8, 4) is 0 Å². The molecule has 0 aliphatic heterocycles. The summed E-state index contributed by atoms with van der Waals surface area (Å²) < 4.78 is 1.61. The van der Waals surface area contributed by atoms with Crippen LogP contribution in [0.3, 0.4) is 0 Å². The Morgan fingerprint density at radius 3 is 2.09 bits per heavy atom. The molecule has 1 aromatic carbocycles. The summed E-state index contributed by atoms with van der Waals surface area (Å²) in [5.74, 6) is -1.25. The number of benzene rings is 1. The highest BCUT2D eigenvalue weighted by molar-refractivity contribution is 6.03. The zero-order valence-corrected chi connectivity index (χ0v) is 20.9. The third-order valence-corrected chi connectivity index (χ3v) is 6.59. The van der Waals surface area contributed by atoms with Crippen molar-refractivity contribution in [2.75, 3.05) is 5.32 Å². The van der Waals surface area contributed by atoms with Gasteiger partial charge in [-0.1, -0.05) is 32.9 Å². The average Bonchev–Trinajstić information content (AvgIpc) is 3.16. The molecule has 0 saturated heterocycles. The van der Waals surface area contributed by atoms with Crippen molar-refractivity contribution in [1.82, 2.24) is 15.1 Å². The minimum absolute atomic E-state index is 0.135. The summed E-state index contributed by atoms with van der Waals surface area (Å²) in [5, 5.41) is 19.3. The number of aliphatic carboxylic acids is 1. The van der Waals surface area contributed by atoms with Crippen molar-refractivity contribution in [1.29, 1.82) is 0 Å². The highest BCUT2D eigenvalue weighted by Gasteiger charge is 2.34. The van der Waals surface area contributed by atoms with E-state index < -0.39 is 11.5 Å². The van der Waals surface area contributed by atoms with Crippen LogP contribution in [0.25, 0.3) is 0 Å². The Morgan fingerprint density at radius 2 is 1.59 bits per heavy atom. The average molecular weight is 469 g/mol. The maximum atomic E-state index is 12.8.